The maximum Gasteiger partial charge on any atom is 0.272 e. The van der Waals surface area contributed by atoms with Crippen LogP contribution in [0.25, 0.3) is 10.9 Å². The molecule has 2 aromatic carbocycles. The number of rotatable bonds is 6. The largest absolute Gasteiger partial charge is 0.496 e. The van der Waals surface area contributed by atoms with E-state index in [2.05, 4.69) is 17.4 Å². The number of fused-ring (bicyclic) bond motifs is 2. The van der Waals surface area contributed by atoms with Gasteiger partial charge in [-0.25, -0.2) is 4.48 Å². The summed E-state index contributed by atoms with van der Waals surface area (Å²) < 4.78 is 13.4. The molecule has 1 aromatic heterocycles. The number of aromatic nitrogens is 1. The third kappa shape index (κ3) is 3.91. The van der Waals surface area contributed by atoms with Gasteiger partial charge in [0.25, 0.3) is 5.91 Å². The van der Waals surface area contributed by atoms with Gasteiger partial charge in [0.2, 0.25) is 11.7 Å². The van der Waals surface area contributed by atoms with Crippen molar-refractivity contribution < 1.29 is 23.5 Å². The molecule has 6 rings (SSSR count). The minimum absolute atomic E-state index is 0.000259. The second-order valence-corrected chi connectivity index (χ2v) is 10.4. The number of allylic oxidation sites excluding steroid dienone is 1. The summed E-state index contributed by atoms with van der Waals surface area (Å²) in [7, 11) is 8.92. The van der Waals surface area contributed by atoms with Crippen molar-refractivity contribution in [3.63, 3.8) is 0 Å². The van der Waals surface area contributed by atoms with Crippen molar-refractivity contribution in [2.45, 2.75) is 6.42 Å². The molecule has 2 atom stereocenters. The topological polar surface area (TPSA) is 97.5 Å². The number of methoxy groups -OCH3 is 2. The number of amidine groups is 1. The summed E-state index contributed by atoms with van der Waals surface area (Å²) in [5, 5.41) is 3.87. The van der Waals surface area contributed by atoms with Gasteiger partial charge in [-0.05, 0) is 36.4 Å². The highest BCUT2D eigenvalue weighted by molar-refractivity contribution is 6.08. The van der Waals surface area contributed by atoms with Gasteiger partial charge in [0, 0.05) is 38.4 Å². The number of carbonyl (C=O) groups is 2. The summed E-state index contributed by atoms with van der Waals surface area (Å²) in [4.78, 5) is 36.9. The number of anilines is 1. The quantitative estimate of drug-likeness (QED) is 0.481. The van der Waals surface area contributed by atoms with Gasteiger partial charge < -0.3 is 24.3 Å². The third-order valence-corrected chi connectivity index (χ3v) is 8.01. The Balaban J connectivity index is 1.33. The van der Waals surface area contributed by atoms with Crippen LogP contribution in [0.2, 0.25) is 0 Å². The van der Waals surface area contributed by atoms with E-state index < -0.39 is 0 Å². The molecule has 10 heteroatoms. The lowest BCUT2D eigenvalue weighted by atomic mass is 10.0. The van der Waals surface area contributed by atoms with E-state index in [1.165, 1.54) is 0 Å². The van der Waals surface area contributed by atoms with Gasteiger partial charge in [-0.15, -0.1) is 0 Å². The van der Waals surface area contributed by atoms with Crippen LogP contribution in [0.15, 0.2) is 76.2 Å². The first-order valence-corrected chi connectivity index (χ1v) is 13.0. The number of hydrogen-bond acceptors (Lipinski definition) is 6. The van der Waals surface area contributed by atoms with E-state index in [0.717, 1.165) is 33.7 Å². The number of carbonyl (C=O) groups excluding carboxylic acids is 2. The lowest BCUT2D eigenvalue weighted by Gasteiger charge is -2.28. The molecule has 0 radical (unpaired) electrons. The van der Waals surface area contributed by atoms with Crippen molar-refractivity contribution in [3.05, 3.63) is 77.5 Å². The summed E-state index contributed by atoms with van der Waals surface area (Å²) >= 11 is 0. The molecule has 3 aromatic rings. The summed E-state index contributed by atoms with van der Waals surface area (Å²) in [5.41, 5.74) is 4.62. The van der Waals surface area contributed by atoms with Crippen molar-refractivity contribution in [2.24, 2.45) is 23.0 Å². The average molecular weight is 540 g/mol. The van der Waals surface area contributed by atoms with Gasteiger partial charge in [-0.3, -0.25) is 14.6 Å². The maximum absolute atomic E-state index is 13.4. The van der Waals surface area contributed by atoms with Crippen LogP contribution in [0.4, 0.5) is 5.69 Å². The van der Waals surface area contributed by atoms with Crippen molar-refractivity contribution >= 4 is 40.5 Å². The number of benzene rings is 2. The summed E-state index contributed by atoms with van der Waals surface area (Å²) in [5.74, 6) is 1.87. The molecule has 204 valence electrons. The van der Waals surface area contributed by atoms with Crippen molar-refractivity contribution in [1.29, 1.82) is 0 Å². The molecule has 3 aliphatic heterocycles. The molecule has 40 heavy (non-hydrogen) atoms. The van der Waals surface area contributed by atoms with Crippen LogP contribution in [-0.4, -0.2) is 72.7 Å². The lowest BCUT2D eigenvalue weighted by molar-refractivity contribution is -0.713. The number of ether oxygens (including phenoxy) is 2. The zero-order chi connectivity index (χ0) is 28.2. The molecule has 10 nitrogen and oxygen atoms in total. The van der Waals surface area contributed by atoms with E-state index in [1.807, 2.05) is 73.5 Å². The predicted octanol–water partition coefficient (Wildman–Crippen LogP) is 3.90. The Morgan fingerprint density at radius 3 is 2.62 bits per heavy atom. The van der Waals surface area contributed by atoms with Crippen molar-refractivity contribution in [1.82, 2.24) is 9.47 Å². The van der Waals surface area contributed by atoms with Gasteiger partial charge in [0.05, 0.1) is 50.4 Å². The zero-order valence-corrected chi connectivity index (χ0v) is 23.1. The standard InChI is InChI=1S/C30H30N6O4/c1-34-17-19(14-27(34)37)28-24-16-31-11-12-36(24,3)29(33-28)18-9-10-21(26(13-18)40-5)32-30(38)23-15-20-22(35(23)2)7-6-8-25(20)39-4/h6-13,15-16,19H,14,17H2,1-5H3/p+1. The Bertz CT molecular complexity index is 1700. The fraction of sp³-hybridized carbons (Fsp3) is 0.267. The molecular weight excluding hydrogens is 508 g/mol. The van der Waals surface area contributed by atoms with Crippen LogP contribution in [-0.2, 0) is 11.8 Å². The van der Waals surface area contributed by atoms with E-state index in [9.17, 15) is 9.59 Å². The van der Waals surface area contributed by atoms with Crippen LogP contribution in [0.5, 0.6) is 11.5 Å². The van der Waals surface area contributed by atoms with Crippen LogP contribution >= 0.6 is 0 Å². The normalized spacial score (nSPS) is 21.7. The maximum atomic E-state index is 13.4. The Labute approximate surface area is 232 Å². The SMILES string of the molecule is COc1cc(C2=NC(C3CC(=O)N(C)C3)=C3C=NC=C[N+]23C)ccc1NC(=O)c1cc2c(OC)cccc2n1C. The molecule has 0 bridgehead atoms. The fourth-order valence-corrected chi connectivity index (χ4v) is 5.78. The number of aryl methyl sites for hydroxylation is 1. The van der Waals surface area contributed by atoms with Crippen molar-refractivity contribution in [3.8, 4) is 11.5 Å². The number of hydrogen-bond donors (Lipinski definition) is 1. The van der Waals surface area contributed by atoms with Gasteiger partial charge in [-0.1, -0.05) is 6.07 Å². The molecule has 0 aliphatic carbocycles. The van der Waals surface area contributed by atoms with Gasteiger partial charge in [-0.2, -0.15) is 4.99 Å². The number of amides is 2. The first-order chi connectivity index (χ1) is 19.2. The zero-order valence-electron chi connectivity index (χ0n) is 23.1. The Morgan fingerprint density at radius 2 is 1.90 bits per heavy atom. The van der Waals surface area contributed by atoms with E-state index in [-0.39, 0.29) is 17.7 Å². The Morgan fingerprint density at radius 1 is 1.10 bits per heavy atom. The van der Waals surface area contributed by atoms with Crippen LogP contribution in [0.1, 0.15) is 22.5 Å². The molecule has 1 N–H and O–H groups in total. The van der Waals surface area contributed by atoms with E-state index in [4.69, 9.17) is 14.5 Å². The molecule has 0 spiro atoms. The lowest BCUT2D eigenvalue weighted by Crippen LogP contribution is -2.43. The van der Waals surface area contributed by atoms with E-state index in [1.54, 1.807) is 25.3 Å². The molecule has 1 fully saturated rings. The Kier molecular flexibility index (Phi) is 6.07. The van der Waals surface area contributed by atoms with Gasteiger partial charge >= 0.3 is 0 Å². The molecular formula is C30H31N6O4+. The summed E-state index contributed by atoms with van der Waals surface area (Å²) in [6.45, 7) is 0.625. The molecule has 1 saturated heterocycles. The second-order valence-electron chi connectivity index (χ2n) is 10.4. The van der Waals surface area contributed by atoms with Crippen LogP contribution < -0.4 is 14.8 Å². The minimum Gasteiger partial charge on any atom is -0.496 e. The molecule has 2 unspecified atom stereocenters. The van der Waals surface area contributed by atoms with Gasteiger partial charge in [0.1, 0.15) is 29.1 Å². The summed E-state index contributed by atoms with van der Waals surface area (Å²) in [6, 6.07) is 13.2. The highest BCUT2D eigenvalue weighted by atomic mass is 16.5. The van der Waals surface area contributed by atoms with Crippen LogP contribution in [0, 0.1) is 5.92 Å². The number of nitrogens with zero attached hydrogens (tertiary/aromatic N) is 5. The second kappa shape index (κ2) is 9.49. The monoisotopic (exact) mass is 539 g/mol. The highest BCUT2D eigenvalue weighted by Gasteiger charge is 2.46. The average Bonchev–Trinajstić information content (AvgIpc) is 3.59. The first kappa shape index (κ1) is 25.6. The first-order valence-electron chi connectivity index (χ1n) is 13.0. The molecule has 4 heterocycles. The van der Waals surface area contributed by atoms with Crippen LogP contribution in [0.3, 0.4) is 0 Å². The number of likely N-dealkylation sites (tertiary alicyclic amines) is 1. The number of aliphatic imine (C=N–C) groups is 2. The van der Waals surface area contributed by atoms with Gasteiger partial charge in [0.15, 0.2) is 5.70 Å². The third-order valence-electron chi connectivity index (χ3n) is 8.01. The van der Waals surface area contributed by atoms with E-state index in [0.29, 0.717) is 40.3 Å². The minimum atomic E-state index is -0.263. The predicted molar refractivity (Wildman–Crippen MR) is 154 cm³/mol. The molecule has 2 amide bonds. The number of quaternary nitrogens is 1. The smallest absolute Gasteiger partial charge is 0.272 e. The number of nitrogens with one attached hydrogen (secondary N) is 1. The molecule has 3 aliphatic rings. The molecule has 0 saturated carbocycles. The Hall–Kier alpha value is -4.70. The van der Waals surface area contributed by atoms with Crippen molar-refractivity contribution in [2.75, 3.05) is 40.2 Å². The summed E-state index contributed by atoms with van der Waals surface area (Å²) in [6.07, 6.45) is 6.01. The highest BCUT2D eigenvalue weighted by Crippen LogP contribution is 2.40. The van der Waals surface area contributed by atoms with E-state index >= 15 is 0 Å². The fourth-order valence-electron chi connectivity index (χ4n) is 5.78.